The summed E-state index contributed by atoms with van der Waals surface area (Å²) in [7, 11) is 8.63. The molecule has 19 aromatic carbocycles. The molecular formula is C118H82N6Y4-4. The molecule has 1 aliphatic rings. The van der Waals surface area contributed by atoms with Crippen LogP contribution in [0, 0.1) is 24.3 Å². The number of benzene rings is 19. The van der Waals surface area contributed by atoms with E-state index in [1.807, 2.05) is 42.6 Å². The number of rotatable bonds is 6. The molecule has 0 unspecified atom stereocenters. The number of aromatic nitrogens is 6. The summed E-state index contributed by atoms with van der Waals surface area (Å²) in [6.45, 7) is 4.70. The molecule has 4 radical (unpaired) electrons. The van der Waals surface area contributed by atoms with Crippen molar-refractivity contribution in [3.8, 4) is 72.6 Å². The van der Waals surface area contributed by atoms with Gasteiger partial charge in [-0.3, -0.25) is 4.98 Å². The molecule has 0 saturated heterocycles. The third-order valence-electron chi connectivity index (χ3n) is 26.5. The molecule has 128 heavy (non-hydrogen) atoms. The molecule has 25 aromatic rings. The number of para-hydroxylation sites is 2. The Balaban J connectivity index is 0.000000111. The molecule has 0 fully saturated rings. The van der Waals surface area contributed by atoms with Crippen LogP contribution >= 0.6 is 0 Å². The van der Waals surface area contributed by atoms with Gasteiger partial charge in [0.1, 0.15) is 0 Å². The van der Waals surface area contributed by atoms with Crippen molar-refractivity contribution in [3.05, 3.63) is 424 Å². The summed E-state index contributed by atoms with van der Waals surface area (Å²) in [5.74, 6) is 0. The number of hydrogen-bond acceptors (Lipinski definition) is 1. The molecule has 0 amide bonds. The smallest absolute Gasteiger partial charge is 0.0708 e. The van der Waals surface area contributed by atoms with Crippen molar-refractivity contribution in [2.24, 2.45) is 28.2 Å². The Kier molecular flexibility index (Phi) is 23.8. The first-order valence-electron chi connectivity index (χ1n) is 42.6. The van der Waals surface area contributed by atoms with Gasteiger partial charge in [0.05, 0.1) is 16.7 Å². The molecular weight excluding hydrogens is 1860 g/mol. The van der Waals surface area contributed by atoms with E-state index in [1.165, 1.54) is 230 Å². The van der Waals surface area contributed by atoms with Crippen LogP contribution in [0.5, 0.6) is 0 Å². The standard InChI is InChI=1S/C35H23N2.C32H24N.C29H20N.C22H15N2.4Y/c1-36-32-15-7-4-13-28(32)31-22-30(25-10-2-3-14-29(25)35(31)36)23-18-20-24(21-19-23)37-33-16-8-5-11-26(33)27-12-6-9-17-34(27)37;1-32(2)28-14-8-6-11-22(28)23-17-16-20(18-29(23)32)26-19-27-24-12-7-9-15-30(24)33(3)31(27)25-13-5-4-10-21(25)26;1-30-28-14-8-7-12-24(28)27-19-26(23-11-5-6-13-25(23)29(27)30)22-17-15-21(16-18-22)20-9-3-2-4-10-20;1-24-21-12-5-4-9-16(21)19-14-18(20-11-6-7-13-23-20)15-8-2-3-10-17(15)22(19)24;;;;/h2-3,5-22H,1H3;4-6,8-19H,1-3H3;2-6,8-19H,1H3;2-3,5-14H,1H3;;;;/q4*-1;;;;. The van der Waals surface area contributed by atoms with Gasteiger partial charge in [-0.15, -0.1) is 45.8 Å². The van der Waals surface area contributed by atoms with E-state index < -0.39 is 0 Å². The summed E-state index contributed by atoms with van der Waals surface area (Å²) in [6, 6.07) is 150. The van der Waals surface area contributed by atoms with Crippen LogP contribution in [0.1, 0.15) is 25.0 Å². The monoisotopic (exact) mass is 1940 g/mol. The summed E-state index contributed by atoms with van der Waals surface area (Å²) >= 11 is 0. The number of fused-ring (bicyclic) bond motifs is 26. The molecule has 10 heteroatoms. The summed E-state index contributed by atoms with van der Waals surface area (Å²) in [6.07, 6.45) is 1.85. The van der Waals surface area contributed by atoms with E-state index in [-0.39, 0.29) is 136 Å². The first kappa shape index (κ1) is 86.2. The fourth-order valence-electron chi connectivity index (χ4n) is 20.7. The van der Waals surface area contributed by atoms with Gasteiger partial charge in [-0.1, -0.05) is 303 Å². The molecule has 26 rings (SSSR count). The van der Waals surface area contributed by atoms with Crippen LogP contribution in [-0.2, 0) is 164 Å². The van der Waals surface area contributed by atoms with Crippen molar-refractivity contribution in [2.45, 2.75) is 19.3 Å². The molecule has 600 valence electrons. The van der Waals surface area contributed by atoms with Crippen LogP contribution in [0.4, 0.5) is 0 Å². The predicted molar refractivity (Wildman–Crippen MR) is 524 cm³/mol. The quantitative estimate of drug-likeness (QED) is 0.153. The zero-order chi connectivity index (χ0) is 83.0. The van der Waals surface area contributed by atoms with Crippen molar-refractivity contribution in [1.82, 2.24) is 27.8 Å². The average molecular weight is 1940 g/mol. The van der Waals surface area contributed by atoms with Gasteiger partial charge in [0.2, 0.25) is 0 Å². The van der Waals surface area contributed by atoms with E-state index in [0.717, 1.165) is 5.69 Å². The van der Waals surface area contributed by atoms with Crippen LogP contribution in [0.2, 0.25) is 0 Å². The minimum Gasteiger partial charge on any atom is -0.367 e. The Hall–Kier alpha value is -11.2. The van der Waals surface area contributed by atoms with Gasteiger partial charge in [0.25, 0.3) is 0 Å². The molecule has 0 aliphatic heterocycles. The normalized spacial score (nSPS) is 12.0. The maximum atomic E-state index is 4.58. The SMILES string of the molecule is Cn1c2cc[c-]cc2c2cc(-c3ccc(-c4ccccc4)cc3)c3ccccc3c21.Cn1c2cc[c-]cc2c2cc(-c3ccc(-n4c5ccccc5c5ccccc54)cc3)c3ccccc3c21.Cn1c2cc[c-]cc2c2cc(-c3ccc4c(c3)C(C)(C)c3ccccc3-4)c3ccccc3c21.Cn1c2cc[c-]cc2c2cc(-c3ccccn3)c3ccccc3c21.[Y].[Y].[Y].[Y]. The second-order valence-corrected chi connectivity index (χ2v) is 33.5. The maximum absolute atomic E-state index is 4.58. The molecule has 0 atom stereocenters. The summed E-state index contributed by atoms with van der Waals surface area (Å²) in [4.78, 5) is 4.58. The van der Waals surface area contributed by atoms with Gasteiger partial charge in [0.15, 0.2) is 0 Å². The Labute approximate surface area is 844 Å². The molecule has 6 aromatic heterocycles. The van der Waals surface area contributed by atoms with Gasteiger partial charge in [-0.2, -0.15) is 72.8 Å². The summed E-state index contributed by atoms with van der Waals surface area (Å²) in [5, 5.41) is 22.9. The van der Waals surface area contributed by atoms with E-state index in [0.29, 0.717) is 0 Å². The fourth-order valence-corrected chi connectivity index (χ4v) is 20.7. The first-order chi connectivity index (χ1) is 61.0. The zero-order valence-corrected chi connectivity index (χ0v) is 83.3. The van der Waals surface area contributed by atoms with Crippen LogP contribution in [0.15, 0.2) is 388 Å². The zero-order valence-electron chi connectivity index (χ0n) is 71.9. The van der Waals surface area contributed by atoms with Crippen molar-refractivity contribution in [2.75, 3.05) is 0 Å². The van der Waals surface area contributed by atoms with Gasteiger partial charge in [0, 0.05) is 236 Å². The van der Waals surface area contributed by atoms with Crippen molar-refractivity contribution >= 4 is 152 Å². The van der Waals surface area contributed by atoms with Crippen molar-refractivity contribution < 1.29 is 131 Å². The maximum Gasteiger partial charge on any atom is 0.0708 e. The number of aryl methyl sites for hydroxylation is 4. The third-order valence-corrected chi connectivity index (χ3v) is 26.5. The van der Waals surface area contributed by atoms with Crippen LogP contribution in [0.3, 0.4) is 0 Å². The summed E-state index contributed by atoms with van der Waals surface area (Å²) in [5.41, 5.74) is 31.5. The van der Waals surface area contributed by atoms with Crippen LogP contribution in [0.25, 0.3) is 225 Å². The molecule has 0 spiro atoms. The predicted octanol–water partition coefficient (Wildman–Crippen LogP) is 30.3. The van der Waals surface area contributed by atoms with Crippen LogP contribution in [-0.4, -0.2) is 27.8 Å². The van der Waals surface area contributed by atoms with Crippen molar-refractivity contribution in [3.63, 3.8) is 0 Å². The number of nitrogens with zero attached hydrogens (tertiary/aromatic N) is 6. The van der Waals surface area contributed by atoms with E-state index in [4.69, 9.17) is 0 Å². The number of pyridine rings is 1. The average Bonchev–Trinajstić information content (AvgIpc) is 1.57. The Morgan fingerprint density at radius 3 is 0.969 bits per heavy atom. The molecule has 1 aliphatic carbocycles. The minimum absolute atomic E-state index is 0. The third kappa shape index (κ3) is 14.3. The van der Waals surface area contributed by atoms with Gasteiger partial charge in [-0.05, 0) is 152 Å². The number of hydrogen-bond donors (Lipinski definition) is 0. The fraction of sp³-hybridized carbons (Fsp3) is 0.0593. The second-order valence-electron chi connectivity index (χ2n) is 33.5. The largest absolute Gasteiger partial charge is 0.367 e. The second kappa shape index (κ2) is 35.3. The molecule has 0 saturated carbocycles. The van der Waals surface area contributed by atoms with Crippen LogP contribution < -0.4 is 0 Å². The van der Waals surface area contributed by atoms with Gasteiger partial charge >= 0.3 is 0 Å². The minimum atomic E-state index is -0.00372. The van der Waals surface area contributed by atoms with Gasteiger partial charge < -0.3 is 22.8 Å². The topological polar surface area (TPSA) is 37.5 Å². The Bertz CT molecular complexity index is 8580. The van der Waals surface area contributed by atoms with Crippen molar-refractivity contribution in [1.29, 1.82) is 0 Å². The Morgan fingerprint density at radius 1 is 0.227 bits per heavy atom. The summed E-state index contributed by atoms with van der Waals surface area (Å²) < 4.78 is 11.6. The molecule has 0 bridgehead atoms. The molecule has 6 nitrogen and oxygen atoms in total. The Morgan fingerprint density at radius 2 is 0.547 bits per heavy atom. The van der Waals surface area contributed by atoms with Gasteiger partial charge in [-0.25, -0.2) is 0 Å². The first-order valence-corrected chi connectivity index (χ1v) is 42.6. The van der Waals surface area contributed by atoms with E-state index >= 15 is 0 Å². The van der Waals surface area contributed by atoms with E-state index in [1.54, 1.807) is 0 Å². The molecule has 0 N–H and O–H groups in total. The van der Waals surface area contributed by atoms with E-state index in [2.05, 4.69) is 440 Å². The van der Waals surface area contributed by atoms with E-state index in [9.17, 15) is 0 Å². The molecule has 6 heterocycles.